The molecule has 0 amide bonds. The molecule has 1 atom stereocenters. The summed E-state index contributed by atoms with van der Waals surface area (Å²) >= 11 is 1.64. The molecule has 0 saturated carbocycles. The van der Waals surface area contributed by atoms with Crippen LogP contribution in [0.25, 0.3) is 0 Å². The third-order valence-electron chi connectivity index (χ3n) is 3.71. The number of benzene rings is 1. The monoisotopic (exact) mass is 298 g/mol. The minimum atomic E-state index is -0.162. The van der Waals surface area contributed by atoms with Crippen molar-refractivity contribution < 1.29 is 5.11 Å². The molecule has 1 aliphatic rings. The lowest BCUT2D eigenvalue weighted by atomic mass is 10.0. The van der Waals surface area contributed by atoms with E-state index < -0.39 is 0 Å². The number of nitrogens with zero attached hydrogens (tertiary/aromatic N) is 2. The maximum Gasteiger partial charge on any atom is 0.108 e. The highest BCUT2D eigenvalue weighted by molar-refractivity contribution is 7.09. The number of thiazole rings is 1. The van der Waals surface area contributed by atoms with Gasteiger partial charge >= 0.3 is 0 Å². The molecule has 2 aromatic rings. The second kappa shape index (κ2) is 6.86. The lowest BCUT2D eigenvalue weighted by Crippen LogP contribution is -2.37. The van der Waals surface area contributed by atoms with Gasteiger partial charge in [0.05, 0.1) is 16.5 Å². The molecule has 3 rings (SSSR count). The molecular formula is C17H18N2OS. The molecule has 1 saturated heterocycles. The van der Waals surface area contributed by atoms with E-state index in [4.69, 9.17) is 0 Å². The summed E-state index contributed by atoms with van der Waals surface area (Å²) in [6, 6.07) is 10.1. The third-order valence-corrected chi connectivity index (χ3v) is 4.54. The van der Waals surface area contributed by atoms with E-state index >= 15 is 0 Å². The Kier molecular flexibility index (Phi) is 4.66. The number of aliphatic hydroxyl groups is 1. The normalized spacial score (nSPS) is 18.0. The second-order valence-electron chi connectivity index (χ2n) is 5.21. The summed E-state index contributed by atoms with van der Waals surface area (Å²) in [6.07, 6.45) is 3.38. The SMILES string of the molecule is OC1CCN(C(C#Cc2ccccc2)c2cncs2)CC1. The molecule has 1 aromatic heterocycles. The molecule has 21 heavy (non-hydrogen) atoms. The zero-order chi connectivity index (χ0) is 14.5. The van der Waals surface area contributed by atoms with Crippen molar-refractivity contribution in [3.05, 3.63) is 52.5 Å². The van der Waals surface area contributed by atoms with Crippen molar-refractivity contribution in [1.29, 1.82) is 0 Å². The smallest absolute Gasteiger partial charge is 0.108 e. The number of aromatic nitrogens is 1. The van der Waals surface area contributed by atoms with Gasteiger partial charge in [-0.05, 0) is 25.0 Å². The average molecular weight is 298 g/mol. The first-order valence-electron chi connectivity index (χ1n) is 7.20. The van der Waals surface area contributed by atoms with E-state index in [0.29, 0.717) is 0 Å². The number of hydrogen-bond donors (Lipinski definition) is 1. The van der Waals surface area contributed by atoms with Crippen molar-refractivity contribution in [2.75, 3.05) is 13.1 Å². The summed E-state index contributed by atoms with van der Waals surface area (Å²) in [4.78, 5) is 7.70. The Morgan fingerprint density at radius 2 is 2.00 bits per heavy atom. The quantitative estimate of drug-likeness (QED) is 0.866. The highest BCUT2D eigenvalue weighted by Crippen LogP contribution is 2.26. The van der Waals surface area contributed by atoms with Crippen molar-refractivity contribution in [2.24, 2.45) is 0 Å². The van der Waals surface area contributed by atoms with E-state index in [1.54, 1.807) is 11.3 Å². The van der Waals surface area contributed by atoms with Gasteiger partial charge in [0.1, 0.15) is 6.04 Å². The van der Waals surface area contributed by atoms with E-state index in [0.717, 1.165) is 31.5 Å². The summed E-state index contributed by atoms with van der Waals surface area (Å²) in [7, 11) is 0. The fourth-order valence-electron chi connectivity index (χ4n) is 2.52. The van der Waals surface area contributed by atoms with E-state index in [2.05, 4.69) is 21.7 Å². The summed E-state index contributed by atoms with van der Waals surface area (Å²) in [5.74, 6) is 6.65. The summed E-state index contributed by atoms with van der Waals surface area (Å²) in [6.45, 7) is 1.76. The Bertz CT molecular complexity index is 607. The van der Waals surface area contributed by atoms with Crippen molar-refractivity contribution in [3.63, 3.8) is 0 Å². The van der Waals surface area contributed by atoms with E-state index in [1.807, 2.05) is 42.0 Å². The predicted octanol–water partition coefficient (Wildman–Crippen LogP) is 2.69. The van der Waals surface area contributed by atoms with Gasteiger partial charge in [-0.2, -0.15) is 0 Å². The fraction of sp³-hybridized carbons (Fsp3) is 0.353. The highest BCUT2D eigenvalue weighted by atomic mass is 32.1. The Hall–Kier alpha value is -1.67. The molecule has 0 bridgehead atoms. The van der Waals surface area contributed by atoms with Crippen LogP contribution in [-0.2, 0) is 0 Å². The highest BCUT2D eigenvalue weighted by Gasteiger charge is 2.24. The number of rotatable bonds is 2. The molecule has 0 spiro atoms. The molecule has 1 aromatic carbocycles. The summed E-state index contributed by atoms with van der Waals surface area (Å²) in [5.41, 5.74) is 2.88. The molecule has 108 valence electrons. The van der Waals surface area contributed by atoms with E-state index in [-0.39, 0.29) is 12.1 Å². The zero-order valence-electron chi connectivity index (χ0n) is 11.8. The molecule has 1 N–H and O–H groups in total. The maximum absolute atomic E-state index is 9.67. The van der Waals surface area contributed by atoms with Crippen LogP contribution >= 0.6 is 11.3 Å². The largest absolute Gasteiger partial charge is 0.393 e. The number of piperidine rings is 1. The van der Waals surface area contributed by atoms with Gasteiger partial charge in [0, 0.05) is 24.8 Å². The molecule has 3 nitrogen and oxygen atoms in total. The first-order chi connectivity index (χ1) is 10.3. The van der Waals surface area contributed by atoms with Gasteiger partial charge < -0.3 is 5.11 Å². The molecule has 0 aliphatic carbocycles. The van der Waals surface area contributed by atoms with E-state index in [9.17, 15) is 5.11 Å². The van der Waals surface area contributed by atoms with Crippen molar-refractivity contribution in [2.45, 2.75) is 25.0 Å². The summed E-state index contributed by atoms with van der Waals surface area (Å²) in [5, 5.41) is 9.67. The number of hydrogen-bond acceptors (Lipinski definition) is 4. The number of likely N-dealkylation sites (tertiary alicyclic amines) is 1. The van der Waals surface area contributed by atoms with Crippen LogP contribution in [0.15, 0.2) is 42.0 Å². The minimum absolute atomic E-state index is 0.0743. The van der Waals surface area contributed by atoms with Gasteiger partial charge in [-0.25, -0.2) is 0 Å². The predicted molar refractivity (Wildman–Crippen MR) is 85.0 cm³/mol. The molecule has 4 heteroatoms. The first kappa shape index (κ1) is 14.3. The van der Waals surface area contributed by atoms with Crippen molar-refractivity contribution in [3.8, 4) is 11.8 Å². The van der Waals surface area contributed by atoms with Crippen LogP contribution in [0.1, 0.15) is 29.3 Å². The zero-order valence-corrected chi connectivity index (χ0v) is 12.6. The van der Waals surface area contributed by atoms with Gasteiger partial charge in [0.25, 0.3) is 0 Å². The van der Waals surface area contributed by atoms with Crippen LogP contribution in [0.5, 0.6) is 0 Å². The van der Waals surface area contributed by atoms with Crippen LogP contribution in [-0.4, -0.2) is 34.2 Å². The Labute approximate surface area is 129 Å². The molecule has 1 aliphatic heterocycles. The van der Waals surface area contributed by atoms with E-state index in [1.165, 1.54) is 4.88 Å². The summed E-state index contributed by atoms with van der Waals surface area (Å²) < 4.78 is 0. The lowest BCUT2D eigenvalue weighted by Gasteiger charge is -2.33. The maximum atomic E-state index is 9.67. The van der Waals surface area contributed by atoms with Gasteiger partial charge in [0.15, 0.2) is 0 Å². The standard InChI is InChI=1S/C17H18N2OS/c20-15-8-10-19(11-9-15)16(17-12-18-13-21-17)7-6-14-4-2-1-3-5-14/h1-5,12-13,15-16,20H,8-11H2. The van der Waals surface area contributed by atoms with Gasteiger partial charge in [-0.15, -0.1) is 11.3 Å². The van der Waals surface area contributed by atoms with Crippen molar-refractivity contribution in [1.82, 2.24) is 9.88 Å². The molecule has 2 heterocycles. The first-order valence-corrected chi connectivity index (χ1v) is 8.08. The Morgan fingerprint density at radius 1 is 1.24 bits per heavy atom. The van der Waals surface area contributed by atoms with Crippen LogP contribution in [0.2, 0.25) is 0 Å². The van der Waals surface area contributed by atoms with Crippen LogP contribution in [0.4, 0.5) is 0 Å². The third kappa shape index (κ3) is 3.70. The minimum Gasteiger partial charge on any atom is -0.393 e. The molecule has 0 radical (unpaired) electrons. The van der Waals surface area contributed by atoms with Gasteiger partial charge in [-0.3, -0.25) is 9.88 Å². The molecule has 1 fully saturated rings. The Morgan fingerprint density at radius 3 is 2.67 bits per heavy atom. The molecular weight excluding hydrogens is 280 g/mol. The van der Waals surface area contributed by atoms with Crippen LogP contribution in [0.3, 0.4) is 0 Å². The molecule has 1 unspecified atom stereocenters. The lowest BCUT2D eigenvalue weighted by molar-refractivity contribution is 0.0726. The van der Waals surface area contributed by atoms with Gasteiger partial charge in [0.2, 0.25) is 0 Å². The topological polar surface area (TPSA) is 36.4 Å². The Balaban J connectivity index is 1.82. The van der Waals surface area contributed by atoms with Crippen LogP contribution in [0, 0.1) is 11.8 Å². The second-order valence-corrected chi connectivity index (χ2v) is 6.13. The van der Waals surface area contributed by atoms with Gasteiger partial charge in [-0.1, -0.05) is 30.0 Å². The average Bonchev–Trinajstić information content (AvgIpc) is 3.04. The van der Waals surface area contributed by atoms with Crippen molar-refractivity contribution >= 4 is 11.3 Å². The van der Waals surface area contributed by atoms with Crippen LogP contribution < -0.4 is 0 Å². The fourth-order valence-corrected chi connectivity index (χ4v) is 3.22. The number of aliphatic hydroxyl groups excluding tert-OH is 1.